The Morgan fingerprint density at radius 1 is 1.29 bits per heavy atom. The van der Waals surface area contributed by atoms with E-state index in [1.54, 1.807) is 12.4 Å². The van der Waals surface area contributed by atoms with Crippen LogP contribution in [0.1, 0.15) is 20.8 Å². The van der Waals surface area contributed by atoms with Gasteiger partial charge in [-0.1, -0.05) is 20.8 Å². The number of rotatable bonds is 2. The number of hydrogen-bond acceptors (Lipinski definition) is 7. The minimum atomic E-state index is -0.881. The van der Waals surface area contributed by atoms with E-state index in [0.717, 1.165) is 0 Å². The number of carbonyl (C=O) groups is 1. The Morgan fingerprint density at radius 3 is 2.62 bits per heavy atom. The molecule has 0 saturated carbocycles. The average molecular weight is 332 g/mol. The molecule has 2 aromatic rings. The highest BCUT2D eigenvalue weighted by Crippen LogP contribution is 2.29. The van der Waals surface area contributed by atoms with E-state index in [2.05, 4.69) is 35.5 Å². The number of piperazine rings is 1. The summed E-state index contributed by atoms with van der Waals surface area (Å²) in [6.45, 7) is 7.72. The van der Waals surface area contributed by atoms with Gasteiger partial charge in [-0.05, 0) is 10.6 Å². The first-order valence-corrected chi connectivity index (χ1v) is 7.66. The first-order valence-electron chi connectivity index (χ1n) is 7.66. The van der Waals surface area contributed by atoms with Crippen molar-refractivity contribution >= 4 is 11.9 Å². The summed E-state index contributed by atoms with van der Waals surface area (Å²) in [5, 5.41) is 23.0. The van der Waals surface area contributed by atoms with Gasteiger partial charge in [0.25, 0.3) is 0 Å². The second-order valence-electron chi connectivity index (χ2n) is 6.80. The lowest BCUT2D eigenvalue weighted by Gasteiger charge is -2.46. The van der Waals surface area contributed by atoms with Crippen molar-refractivity contribution in [3.63, 3.8) is 0 Å². The fraction of sp³-hybridized carbons (Fsp3) is 0.571. The molecule has 3 heterocycles. The van der Waals surface area contributed by atoms with Gasteiger partial charge >= 0.3 is 6.09 Å². The molecule has 1 aliphatic heterocycles. The Hall–Kier alpha value is -2.78. The number of H-pyrrole nitrogens is 1. The van der Waals surface area contributed by atoms with Crippen LogP contribution in [0.5, 0.6) is 0 Å². The van der Waals surface area contributed by atoms with Crippen LogP contribution in [0.3, 0.4) is 0 Å². The van der Waals surface area contributed by atoms with Crippen molar-refractivity contribution in [2.45, 2.75) is 26.8 Å². The zero-order valence-corrected chi connectivity index (χ0v) is 13.8. The minimum absolute atomic E-state index is 0.123. The molecule has 0 spiro atoms. The van der Waals surface area contributed by atoms with Gasteiger partial charge in [0.1, 0.15) is 11.5 Å². The van der Waals surface area contributed by atoms with Crippen LogP contribution in [0, 0.1) is 5.41 Å². The van der Waals surface area contributed by atoms with Gasteiger partial charge < -0.3 is 14.9 Å². The molecule has 0 aliphatic carbocycles. The maximum Gasteiger partial charge on any atom is 0.407 e. The molecule has 0 radical (unpaired) electrons. The van der Waals surface area contributed by atoms with Crippen molar-refractivity contribution in [3.05, 3.63) is 12.4 Å². The van der Waals surface area contributed by atoms with E-state index in [0.29, 0.717) is 37.0 Å². The molecule has 10 heteroatoms. The van der Waals surface area contributed by atoms with Crippen LogP contribution in [0.15, 0.2) is 12.4 Å². The van der Waals surface area contributed by atoms with E-state index in [-0.39, 0.29) is 11.5 Å². The highest BCUT2D eigenvalue weighted by molar-refractivity contribution is 5.66. The predicted octanol–water partition coefficient (Wildman–Crippen LogP) is 0.871. The lowest BCUT2D eigenvalue weighted by atomic mass is 9.84. The Balaban J connectivity index is 1.79. The topological polar surface area (TPSA) is 124 Å². The largest absolute Gasteiger partial charge is 0.465 e. The van der Waals surface area contributed by atoms with Gasteiger partial charge in [-0.2, -0.15) is 5.21 Å². The zero-order valence-electron chi connectivity index (χ0n) is 13.8. The number of nitrogens with zero attached hydrogens (tertiary/aromatic N) is 7. The number of anilines is 1. The molecule has 1 unspecified atom stereocenters. The van der Waals surface area contributed by atoms with Gasteiger partial charge in [-0.25, -0.2) is 14.8 Å². The number of amides is 1. The third-order valence-electron chi connectivity index (χ3n) is 4.16. The van der Waals surface area contributed by atoms with Gasteiger partial charge in [0.2, 0.25) is 5.82 Å². The fourth-order valence-electron chi connectivity index (χ4n) is 2.83. The van der Waals surface area contributed by atoms with Crippen LogP contribution in [0.25, 0.3) is 11.5 Å². The summed E-state index contributed by atoms with van der Waals surface area (Å²) >= 11 is 0. The van der Waals surface area contributed by atoms with Gasteiger partial charge in [0.15, 0.2) is 0 Å². The summed E-state index contributed by atoms with van der Waals surface area (Å²) in [5.41, 5.74) is 0.360. The van der Waals surface area contributed by atoms with E-state index in [1.807, 2.05) is 20.8 Å². The molecule has 3 rings (SSSR count). The van der Waals surface area contributed by atoms with Crippen molar-refractivity contribution in [3.8, 4) is 11.5 Å². The van der Waals surface area contributed by atoms with Crippen LogP contribution in [-0.4, -0.2) is 72.4 Å². The van der Waals surface area contributed by atoms with E-state index in [1.165, 1.54) is 4.90 Å². The molecule has 1 fully saturated rings. The summed E-state index contributed by atoms with van der Waals surface area (Å²) in [5.74, 6) is 1.10. The molecule has 1 amide bonds. The molecule has 0 bridgehead atoms. The number of tetrazole rings is 1. The molecular weight excluding hydrogens is 312 g/mol. The molecule has 10 nitrogen and oxygen atoms in total. The number of nitrogens with one attached hydrogen (secondary N) is 1. The van der Waals surface area contributed by atoms with E-state index >= 15 is 0 Å². The van der Waals surface area contributed by atoms with Crippen molar-refractivity contribution in [2.75, 3.05) is 24.5 Å². The third-order valence-corrected chi connectivity index (χ3v) is 4.16. The Bertz CT molecular complexity index is 695. The monoisotopic (exact) mass is 332 g/mol. The lowest BCUT2D eigenvalue weighted by molar-refractivity contribution is 0.0747. The maximum atomic E-state index is 11.5. The van der Waals surface area contributed by atoms with Crippen molar-refractivity contribution < 1.29 is 9.90 Å². The third kappa shape index (κ3) is 3.12. The molecule has 2 aromatic heterocycles. The van der Waals surface area contributed by atoms with E-state index < -0.39 is 6.09 Å². The van der Waals surface area contributed by atoms with Crippen molar-refractivity contribution in [1.82, 2.24) is 35.5 Å². The van der Waals surface area contributed by atoms with Gasteiger partial charge in [-0.3, -0.25) is 0 Å². The van der Waals surface area contributed by atoms with Crippen LogP contribution < -0.4 is 4.90 Å². The molecule has 1 saturated heterocycles. The Kier molecular flexibility index (Phi) is 4.04. The Labute approximate surface area is 138 Å². The smallest absolute Gasteiger partial charge is 0.407 e. The standard InChI is InChI=1S/C14H20N8O2/c1-14(2,3)10-8-21(4-5-22(10)13(23)24)11-7-15-9(6-16-11)12-17-19-20-18-12/h6-7,10H,4-5,8H2,1-3H3,(H,23,24)(H,17,18,19,20). The number of carboxylic acid groups (broad SMARTS) is 1. The van der Waals surface area contributed by atoms with Crippen LogP contribution in [0.4, 0.5) is 10.6 Å². The fourth-order valence-corrected chi connectivity index (χ4v) is 2.83. The highest BCUT2D eigenvalue weighted by Gasteiger charge is 2.38. The number of aromatic nitrogens is 6. The van der Waals surface area contributed by atoms with Crippen molar-refractivity contribution in [1.29, 1.82) is 0 Å². The maximum absolute atomic E-state index is 11.5. The summed E-state index contributed by atoms with van der Waals surface area (Å²) in [6.07, 6.45) is 2.37. The summed E-state index contributed by atoms with van der Waals surface area (Å²) in [6, 6.07) is -0.123. The van der Waals surface area contributed by atoms with Gasteiger partial charge in [0.05, 0.1) is 18.4 Å². The normalized spacial score (nSPS) is 18.7. The van der Waals surface area contributed by atoms with Gasteiger partial charge in [-0.15, -0.1) is 10.2 Å². The van der Waals surface area contributed by atoms with Crippen LogP contribution in [0.2, 0.25) is 0 Å². The molecule has 128 valence electrons. The molecule has 2 N–H and O–H groups in total. The zero-order chi connectivity index (χ0) is 17.3. The second kappa shape index (κ2) is 6.02. The average Bonchev–Trinajstić information content (AvgIpc) is 3.08. The van der Waals surface area contributed by atoms with E-state index in [9.17, 15) is 9.90 Å². The first-order chi connectivity index (χ1) is 11.4. The van der Waals surface area contributed by atoms with Crippen LogP contribution >= 0.6 is 0 Å². The molecule has 1 aliphatic rings. The number of hydrogen-bond donors (Lipinski definition) is 2. The highest BCUT2D eigenvalue weighted by atomic mass is 16.4. The van der Waals surface area contributed by atoms with Crippen LogP contribution in [-0.2, 0) is 0 Å². The molecule has 1 atom stereocenters. The van der Waals surface area contributed by atoms with E-state index in [4.69, 9.17) is 0 Å². The molecule has 0 aromatic carbocycles. The Morgan fingerprint density at radius 2 is 2.08 bits per heavy atom. The summed E-state index contributed by atoms with van der Waals surface area (Å²) < 4.78 is 0. The minimum Gasteiger partial charge on any atom is -0.465 e. The lowest BCUT2D eigenvalue weighted by Crippen LogP contribution is -2.59. The summed E-state index contributed by atoms with van der Waals surface area (Å²) in [7, 11) is 0. The molecule has 24 heavy (non-hydrogen) atoms. The summed E-state index contributed by atoms with van der Waals surface area (Å²) in [4.78, 5) is 23.8. The van der Waals surface area contributed by atoms with Gasteiger partial charge in [0, 0.05) is 19.6 Å². The first kappa shape index (κ1) is 16.1. The van der Waals surface area contributed by atoms with Crippen molar-refractivity contribution in [2.24, 2.45) is 5.41 Å². The number of aromatic amines is 1. The SMILES string of the molecule is CC(C)(C)C1CN(c2cnc(-c3nn[nH]n3)cn2)CCN1C(=O)O. The predicted molar refractivity (Wildman–Crippen MR) is 85.4 cm³/mol. The molecular formula is C14H20N8O2. The quantitative estimate of drug-likeness (QED) is 0.830. The second-order valence-corrected chi connectivity index (χ2v) is 6.80.